The molecular formula is C18H26N2O3. The zero-order valence-electron chi connectivity index (χ0n) is 13.9. The highest BCUT2D eigenvalue weighted by molar-refractivity contribution is 5.94. The van der Waals surface area contributed by atoms with Crippen molar-refractivity contribution in [1.82, 2.24) is 9.80 Å². The van der Waals surface area contributed by atoms with Gasteiger partial charge in [0.1, 0.15) is 6.26 Å². The van der Waals surface area contributed by atoms with E-state index in [0.717, 1.165) is 58.0 Å². The van der Waals surface area contributed by atoms with E-state index in [2.05, 4.69) is 0 Å². The SMILES string of the molecule is CN1CCCCCCN(C(=O)c2ccoc2)[C@H]2CCC[C@H]2C1=O. The van der Waals surface area contributed by atoms with Crippen molar-refractivity contribution < 1.29 is 14.0 Å². The van der Waals surface area contributed by atoms with Gasteiger partial charge in [0, 0.05) is 26.2 Å². The second-order valence-electron chi connectivity index (χ2n) is 6.79. The molecule has 2 aliphatic rings. The summed E-state index contributed by atoms with van der Waals surface area (Å²) < 4.78 is 5.07. The maximum atomic E-state index is 12.9. The molecule has 1 saturated heterocycles. The Morgan fingerprint density at radius 3 is 2.65 bits per heavy atom. The van der Waals surface area contributed by atoms with E-state index in [9.17, 15) is 9.59 Å². The second-order valence-corrected chi connectivity index (χ2v) is 6.79. The van der Waals surface area contributed by atoms with Crippen molar-refractivity contribution >= 4 is 11.8 Å². The quantitative estimate of drug-likeness (QED) is 0.800. The van der Waals surface area contributed by atoms with Crippen molar-refractivity contribution in [1.29, 1.82) is 0 Å². The van der Waals surface area contributed by atoms with Crippen LogP contribution < -0.4 is 0 Å². The molecule has 5 heteroatoms. The number of hydrogen-bond acceptors (Lipinski definition) is 3. The molecule has 2 heterocycles. The molecule has 3 rings (SSSR count). The average molecular weight is 318 g/mol. The van der Waals surface area contributed by atoms with Crippen molar-refractivity contribution in [3.8, 4) is 0 Å². The lowest BCUT2D eigenvalue weighted by Gasteiger charge is -2.33. The zero-order chi connectivity index (χ0) is 16.2. The summed E-state index contributed by atoms with van der Waals surface area (Å²) in [6.07, 6.45) is 10.1. The van der Waals surface area contributed by atoms with Crippen LogP contribution in [0.1, 0.15) is 55.3 Å². The zero-order valence-corrected chi connectivity index (χ0v) is 13.9. The number of nitrogens with zero attached hydrogens (tertiary/aromatic N) is 2. The number of carbonyl (C=O) groups excluding carboxylic acids is 2. The van der Waals surface area contributed by atoms with E-state index in [1.807, 2.05) is 16.8 Å². The maximum Gasteiger partial charge on any atom is 0.257 e. The summed E-state index contributed by atoms with van der Waals surface area (Å²) in [5, 5.41) is 0. The van der Waals surface area contributed by atoms with Crippen LogP contribution in [0.4, 0.5) is 0 Å². The Labute approximate surface area is 137 Å². The first kappa shape index (κ1) is 16.1. The summed E-state index contributed by atoms with van der Waals surface area (Å²) in [5.41, 5.74) is 0.589. The minimum atomic E-state index is -0.0473. The van der Waals surface area contributed by atoms with Gasteiger partial charge < -0.3 is 14.2 Å². The molecule has 2 atom stereocenters. The number of hydrogen-bond donors (Lipinski definition) is 0. The molecule has 0 N–H and O–H groups in total. The van der Waals surface area contributed by atoms with E-state index in [0.29, 0.717) is 5.56 Å². The molecule has 126 valence electrons. The molecule has 0 radical (unpaired) electrons. The van der Waals surface area contributed by atoms with Gasteiger partial charge in [-0.1, -0.05) is 19.3 Å². The average Bonchev–Trinajstić information content (AvgIpc) is 3.23. The van der Waals surface area contributed by atoms with Gasteiger partial charge in [0.2, 0.25) is 5.91 Å². The van der Waals surface area contributed by atoms with Crippen LogP contribution >= 0.6 is 0 Å². The minimum absolute atomic E-state index is 0.00495. The Kier molecular flexibility index (Phi) is 5.03. The molecule has 0 unspecified atom stereocenters. The third kappa shape index (κ3) is 3.43. The van der Waals surface area contributed by atoms with Crippen molar-refractivity contribution in [3.05, 3.63) is 24.2 Å². The van der Waals surface area contributed by atoms with E-state index in [4.69, 9.17) is 4.42 Å². The highest BCUT2D eigenvalue weighted by atomic mass is 16.3. The molecule has 0 bridgehead atoms. The lowest BCUT2D eigenvalue weighted by molar-refractivity contribution is -0.135. The Bertz CT molecular complexity index is 540. The van der Waals surface area contributed by atoms with Crippen LogP contribution in [0.3, 0.4) is 0 Å². The Morgan fingerprint density at radius 1 is 1.13 bits per heavy atom. The highest BCUT2D eigenvalue weighted by Crippen LogP contribution is 2.33. The van der Waals surface area contributed by atoms with Crippen LogP contribution in [-0.2, 0) is 4.79 Å². The molecule has 2 fully saturated rings. The van der Waals surface area contributed by atoms with Gasteiger partial charge in [-0.05, 0) is 31.7 Å². The molecule has 5 nitrogen and oxygen atoms in total. The first-order valence-corrected chi connectivity index (χ1v) is 8.76. The van der Waals surface area contributed by atoms with Gasteiger partial charge in [0.05, 0.1) is 17.7 Å². The Balaban J connectivity index is 1.85. The normalized spacial score (nSPS) is 26.7. The van der Waals surface area contributed by atoms with Gasteiger partial charge in [0.25, 0.3) is 5.91 Å². The van der Waals surface area contributed by atoms with Crippen LogP contribution in [0.2, 0.25) is 0 Å². The summed E-state index contributed by atoms with van der Waals surface area (Å²) in [5.74, 6) is 0.165. The number of amides is 2. The fourth-order valence-corrected chi connectivity index (χ4v) is 3.95. The molecule has 1 aliphatic heterocycles. The van der Waals surface area contributed by atoms with Crippen molar-refractivity contribution in [2.45, 2.75) is 51.0 Å². The van der Waals surface area contributed by atoms with Crippen molar-refractivity contribution in [2.75, 3.05) is 20.1 Å². The van der Waals surface area contributed by atoms with E-state index in [1.165, 1.54) is 12.5 Å². The predicted molar refractivity (Wildman–Crippen MR) is 87.0 cm³/mol. The van der Waals surface area contributed by atoms with Gasteiger partial charge in [-0.25, -0.2) is 0 Å². The van der Waals surface area contributed by atoms with Gasteiger partial charge >= 0.3 is 0 Å². The lowest BCUT2D eigenvalue weighted by Crippen LogP contribution is -2.47. The maximum absolute atomic E-state index is 12.9. The fraction of sp³-hybridized carbons (Fsp3) is 0.667. The van der Waals surface area contributed by atoms with Crippen molar-refractivity contribution in [2.24, 2.45) is 5.92 Å². The van der Waals surface area contributed by atoms with E-state index in [1.54, 1.807) is 6.07 Å². The molecular weight excluding hydrogens is 292 g/mol. The molecule has 1 aliphatic carbocycles. The molecule has 1 aromatic heterocycles. The first-order valence-electron chi connectivity index (χ1n) is 8.76. The van der Waals surface area contributed by atoms with E-state index < -0.39 is 0 Å². The monoisotopic (exact) mass is 318 g/mol. The number of rotatable bonds is 1. The predicted octanol–water partition coefficient (Wildman–Crippen LogP) is 2.92. The van der Waals surface area contributed by atoms with Crippen LogP contribution in [0.5, 0.6) is 0 Å². The molecule has 1 saturated carbocycles. The van der Waals surface area contributed by atoms with Gasteiger partial charge in [-0.2, -0.15) is 0 Å². The smallest absolute Gasteiger partial charge is 0.257 e. The number of carbonyl (C=O) groups is 2. The van der Waals surface area contributed by atoms with Crippen LogP contribution in [0, 0.1) is 5.92 Å². The summed E-state index contributed by atoms with van der Waals surface area (Å²) >= 11 is 0. The molecule has 0 aromatic carbocycles. The molecule has 1 aromatic rings. The van der Waals surface area contributed by atoms with Gasteiger partial charge in [-0.3, -0.25) is 9.59 Å². The lowest BCUT2D eigenvalue weighted by atomic mass is 9.99. The first-order chi connectivity index (χ1) is 11.2. The van der Waals surface area contributed by atoms with E-state index in [-0.39, 0.29) is 23.8 Å². The summed E-state index contributed by atoms with van der Waals surface area (Å²) in [6.45, 7) is 1.57. The standard InChI is InChI=1S/C18H26N2O3/c1-19-10-4-2-3-5-11-20(17(21)14-9-12-23-13-14)16-8-6-7-15(16)18(19)22/h9,12-13,15-16H,2-8,10-11H2,1H3/t15-,16+/m1/s1. The highest BCUT2D eigenvalue weighted by Gasteiger charge is 2.40. The third-order valence-corrected chi connectivity index (χ3v) is 5.24. The summed E-state index contributed by atoms with van der Waals surface area (Å²) in [4.78, 5) is 29.5. The topological polar surface area (TPSA) is 53.8 Å². The van der Waals surface area contributed by atoms with Gasteiger partial charge in [0.15, 0.2) is 0 Å². The summed E-state index contributed by atoms with van der Waals surface area (Å²) in [7, 11) is 1.90. The number of fused-ring (bicyclic) bond motifs is 1. The van der Waals surface area contributed by atoms with Crippen LogP contribution in [-0.4, -0.2) is 47.8 Å². The Morgan fingerprint density at radius 2 is 1.91 bits per heavy atom. The minimum Gasteiger partial charge on any atom is -0.472 e. The molecule has 23 heavy (non-hydrogen) atoms. The Hall–Kier alpha value is -1.78. The van der Waals surface area contributed by atoms with Gasteiger partial charge in [-0.15, -0.1) is 0 Å². The van der Waals surface area contributed by atoms with Crippen LogP contribution in [0.15, 0.2) is 23.0 Å². The molecule has 0 spiro atoms. The molecule has 2 amide bonds. The fourth-order valence-electron chi connectivity index (χ4n) is 3.95. The van der Waals surface area contributed by atoms with Crippen LogP contribution in [0.25, 0.3) is 0 Å². The van der Waals surface area contributed by atoms with E-state index >= 15 is 0 Å². The third-order valence-electron chi connectivity index (χ3n) is 5.24. The summed E-state index contributed by atoms with van der Waals surface area (Å²) in [6, 6.07) is 1.75. The van der Waals surface area contributed by atoms with Crippen molar-refractivity contribution in [3.63, 3.8) is 0 Å². The number of furan rings is 1. The second kappa shape index (κ2) is 7.20. The largest absolute Gasteiger partial charge is 0.472 e.